The van der Waals surface area contributed by atoms with Crippen LogP contribution >= 0.6 is 0 Å². The second-order valence-corrected chi connectivity index (χ2v) is 8.65. The van der Waals surface area contributed by atoms with Gasteiger partial charge in [-0.3, -0.25) is 4.79 Å². The van der Waals surface area contributed by atoms with Gasteiger partial charge in [0.2, 0.25) is 11.9 Å². The summed E-state index contributed by atoms with van der Waals surface area (Å²) in [4.78, 5) is 26.2. The Hall–Kier alpha value is -2.67. The predicted molar refractivity (Wildman–Crippen MR) is 120 cm³/mol. The lowest BCUT2D eigenvalue weighted by molar-refractivity contribution is -0.140. The number of anilines is 1. The van der Waals surface area contributed by atoms with Crippen LogP contribution in [0.25, 0.3) is 11.1 Å². The van der Waals surface area contributed by atoms with E-state index in [-0.39, 0.29) is 12.0 Å². The minimum Gasteiger partial charge on any atom is -0.497 e. The van der Waals surface area contributed by atoms with Crippen LogP contribution in [0.2, 0.25) is 0 Å². The summed E-state index contributed by atoms with van der Waals surface area (Å²) >= 11 is 0. The molecular formula is C24H32N4O3. The molecule has 1 saturated carbocycles. The molecule has 1 aromatic carbocycles. The molecule has 0 N–H and O–H groups in total. The highest BCUT2D eigenvalue weighted by Gasteiger charge is 2.30. The maximum Gasteiger partial charge on any atom is 0.225 e. The molecule has 2 aliphatic rings. The topological polar surface area (TPSA) is 67.8 Å². The van der Waals surface area contributed by atoms with Gasteiger partial charge >= 0.3 is 0 Å². The Kier molecular flexibility index (Phi) is 6.70. The smallest absolute Gasteiger partial charge is 0.225 e. The van der Waals surface area contributed by atoms with Crippen molar-refractivity contribution in [3.05, 3.63) is 36.2 Å². The quantitative estimate of drug-likeness (QED) is 0.704. The zero-order valence-electron chi connectivity index (χ0n) is 18.7. The summed E-state index contributed by atoms with van der Waals surface area (Å²) in [7, 11) is 5.50. The molecule has 31 heavy (non-hydrogen) atoms. The van der Waals surface area contributed by atoms with Crippen molar-refractivity contribution in [3.63, 3.8) is 0 Å². The Labute approximate surface area is 184 Å². The van der Waals surface area contributed by atoms with Gasteiger partial charge < -0.3 is 19.3 Å². The van der Waals surface area contributed by atoms with Gasteiger partial charge in [-0.05, 0) is 36.5 Å². The summed E-state index contributed by atoms with van der Waals surface area (Å²) in [6.45, 7) is 1.68. The lowest BCUT2D eigenvalue weighted by Crippen LogP contribution is -2.43. The summed E-state index contributed by atoms with van der Waals surface area (Å²) in [6.07, 6.45) is 7.07. The van der Waals surface area contributed by atoms with Crippen molar-refractivity contribution in [2.75, 3.05) is 45.8 Å². The first kappa shape index (κ1) is 21.6. The van der Waals surface area contributed by atoms with Crippen molar-refractivity contribution in [1.82, 2.24) is 14.9 Å². The minimum atomic E-state index is -0.288. The number of aromatic nitrogens is 2. The normalized spacial score (nSPS) is 19.5. The number of carbonyl (C=O) groups is 1. The van der Waals surface area contributed by atoms with Gasteiger partial charge in [-0.2, -0.15) is 0 Å². The van der Waals surface area contributed by atoms with E-state index in [1.54, 1.807) is 7.11 Å². The van der Waals surface area contributed by atoms with E-state index in [2.05, 4.69) is 4.98 Å². The third kappa shape index (κ3) is 4.98. The van der Waals surface area contributed by atoms with Gasteiger partial charge in [0.1, 0.15) is 11.9 Å². The third-order valence-electron chi connectivity index (χ3n) is 6.25. The molecule has 7 nitrogen and oxygen atoms in total. The fraction of sp³-hybridized carbons (Fsp3) is 0.542. The van der Waals surface area contributed by atoms with Gasteiger partial charge in [0, 0.05) is 38.8 Å². The molecule has 0 bridgehead atoms. The van der Waals surface area contributed by atoms with E-state index in [1.807, 2.05) is 54.4 Å². The van der Waals surface area contributed by atoms with Crippen molar-refractivity contribution in [2.45, 2.75) is 38.2 Å². The molecule has 2 fully saturated rings. The summed E-state index contributed by atoms with van der Waals surface area (Å²) in [5, 5.41) is 0. The molecule has 0 radical (unpaired) electrons. The fourth-order valence-corrected chi connectivity index (χ4v) is 4.49. The van der Waals surface area contributed by atoms with Crippen LogP contribution < -0.4 is 9.64 Å². The summed E-state index contributed by atoms with van der Waals surface area (Å²) in [5.41, 5.74) is 2.68. The van der Waals surface area contributed by atoms with Crippen LogP contribution in [0.4, 0.5) is 5.95 Å². The first-order valence-electron chi connectivity index (χ1n) is 11.1. The van der Waals surface area contributed by atoms with Crippen molar-refractivity contribution in [3.8, 4) is 16.9 Å². The Balaban J connectivity index is 1.61. The molecule has 1 atom stereocenters. The first-order valence-corrected chi connectivity index (χ1v) is 11.1. The average Bonchev–Trinajstić information content (AvgIpc) is 3.31. The lowest BCUT2D eigenvalue weighted by atomic mass is 10.0. The van der Waals surface area contributed by atoms with Crippen LogP contribution in [-0.2, 0) is 9.53 Å². The minimum absolute atomic E-state index is 0.241. The SMILES string of the molecule is COc1cccc(-c2cnc(N(C)C)nc2[C@H]2CN(C(=O)CC3CCCC3)CCO2)c1. The van der Waals surface area contributed by atoms with E-state index in [1.165, 1.54) is 25.7 Å². The van der Waals surface area contributed by atoms with Crippen LogP contribution in [0.3, 0.4) is 0 Å². The molecular weight excluding hydrogens is 392 g/mol. The fourth-order valence-electron chi connectivity index (χ4n) is 4.49. The summed E-state index contributed by atoms with van der Waals surface area (Å²) < 4.78 is 11.5. The van der Waals surface area contributed by atoms with E-state index in [4.69, 9.17) is 14.5 Å². The van der Waals surface area contributed by atoms with Crippen molar-refractivity contribution in [2.24, 2.45) is 5.92 Å². The lowest BCUT2D eigenvalue weighted by Gasteiger charge is -2.34. The molecule has 7 heteroatoms. The van der Waals surface area contributed by atoms with Gasteiger partial charge in [0.15, 0.2) is 0 Å². The standard InChI is InChI=1S/C24H32N4O3/c1-27(2)24-25-15-20(18-9-6-10-19(14-18)30-3)23(26-24)21-16-28(11-12-31-21)22(29)13-17-7-4-5-8-17/h6,9-10,14-15,17,21H,4-5,7-8,11-13,16H2,1-3H3/t21-/m1/s1. The molecule has 4 rings (SSSR count). The molecule has 0 spiro atoms. The predicted octanol–water partition coefficient (Wildman–Crippen LogP) is 3.70. The number of hydrogen-bond donors (Lipinski definition) is 0. The van der Waals surface area contributed by atoms with Crippen LogP contribution in [0.15, 0.2) is 30.5 Å². The number of amides is 1. The number of methoxy groups -OCH3 is 1. The van der Waals surface area contributed by atoms with Gasteiger partial charge in [0.05, 0.1) is 26.0 Å². The van der Waals surface area contributed by atoms with E-state index in [0.29, 0.717) is 38.0 Å². The van der Waals surface area contributed by atoms with E-state index < -0.39 is 0 Å². The Bertz CT molecular complexity index is 911. The zero-order valence-corrected chi connectivity index (χ0v) is 18.7. The first-order chi connectivity index (χ1) is 15.0. The maximum absolute atomic E-state index is 13.0. The zero-order chi connectivity index (χ0) is 21.8. The highest BCUT2D eigenvalue weighted by atomic mass is 16.5. The van der Waals surface area contributed by atoms with Crippen LogP contribution in [-0.4, -0.2) is 61.7 Å². The molecule has 1 aromatic heterocycles. The number of ether oxygens (including phenoxy) is 2. The number of morpholine rings is 1. The van der Waals surface area contributed by atoms with E-state index in [9.17, 15) is 4.79 Å². The van der Waals surface area contributed by atoms with Gasteiger partial charge in [-0.15, -0.1) is 0 Å². The van der Waals surface area contributed by atoms with E-state index >= 15 is 0 Å². The highest BCUT2D eigenvalue weighted by molar-refractivity contribution is 5.77. The van der Waals surface area contributed by atoms with Crippen LogP contribution in [0.5, 0.6) is 5.75 Å². The second-order valence-electron chi connectivity index (χ2n) is 8.65. The van der Waals surface area contributed by atoms with Crippen LogP contribution in [0, 0.1) is 5.92 Å². The Morgan fingerprint density at radius 3 is 2.84 bits per heavy atom. The van der Waals surface area contributed by atoms with Crippen molar-refractivity contribution >= 4 is 11.9 Å². The van der Waals surface area contributed by atoms with Crippen molar-refractivity contribution < 1.29 is 14.3 Å². The maximum atomic E-state index is 13.0. The molecule has 166 valence electrons. The van der Waals surface area contributed by atoms with Gasteiger partial charge in [-0.25, -0.2) is 9.97 Å². The molecule has 2 heterocycles. The largest absolute Gasteiger partial charge is 0.497 e. The molecule has 1 amide bonds. The van der Waals surface area contributed by atoms with E-state index in [0.717, 1.165) is 22.6 Å². The number of carbonyl (C=O) groups excluding carboxylic acids is 1. The molecule has 1 aliphatic heterocycles. The number of benzene rings is 1. The number of hydrogen-bond acceptors (Lipinski definition) is 6. The number of nitrogens with zero attached hydrogens (tertiary/aromatic N) is 4. The van der Waals surface area contributed by atoms with Gasteiger partial charge in [0.25, 0.3) is 0 Å². The number of rotatable bonds is 6. The molecule has 0 unspecified atom stereocenters. The monoisotopic (exact) mass is 424 g/mol. The third-order valence-corrected chi connectivity index (χ3v) is 6.25. The van der Waals surface area contributed by atoms with Crippen molar-refractivity contribution in [1.29, 1.82) is 0 Å². The van der Waals surface area contributed by atoms with Crippen LogP contribution in [0.1, 0.15) is 43.9 Å². The van der Waals surface area contributed by atoms with Gasteiger partial charge in [-0.1, -0.05) is 25.0 Å². The molecule has 1 aliphatic carbocycles. The Morgan fingerprint density at radius 1 is 1.29 bits per heavy atom. The molecule has 2 aromatic rings. The summed E-state index contributed by atoms with van der Waals surface area (Å²) in [6, 6.07) is 7.87. The molecule has 1 saturated heterocycles. The second kappa shape index (κ2) is 9.64. The summed E-state index contributed by atoms with van der Waals surface area (Å²) in [5.74, 6) is 2.18. The highest BCUT2D eigenvalue weighted by Crippen LogP contribution is 2.34. The average molecular weight is 425 g/mol. The Morgan fingerprint density at radius 2 is 2.10 bits per heavy atom.